The first-order chi connectivity index (χ1) is 13.5. The zero-order chi connectivity index (χ0) is 19.8. The summed E-state index contributed by atoms with van der Waals surface area (Å²) in [5, 5.41) is 4.33. The lowest BCUT2D eigenvalue weighted by atomic mass is 10.1. The molecule has 146 valence electrons. The van der Waals surface area contributed by atoms with Crippen LogP contribution in [0, 0.1) is 13.8 Å². The number of amides is 1. The van der Waals surface area contributed by atoms with Crippen molar-refractivity contribution in [3.63, 3.8) is 0 Å². The van der Waals surface area contributed by atoms with Crippen molar-refractivity contribution in [1.29, 1.82) is 0 Å². The van der Waals surface area contributed by atoms with Crippen LogP contribution in [0.25, 0.3) is 5.65 Å². The van der Waals surface area contributed by atoms with Crippen LogP contribution in [0.4, 0.5) is 5.69 Å². The van der Waals surface area contributed by atoms with Gasteiger partial charge in [0, 0.05) is 25.0 Å². The molecule has 0 saturated heterocycles. The van der Waals surface area contributed by atoms with Gasteiger partial charge < -0.3 is 14.5 Å². The molecule has 7 heteroatoms. The molecule has 28 heavy (non-hydrogen) atoms. The minimum absolute atomic E-state index is 0.0953. The van der Waals surface area contributed by atoms with E-state index in [9.17, 15) is 4.79 Å². The number of fused-ring (bicyclic) bond motifs is 2. The van der Waals surface area contributed by atoms with Gasteiger partial charge in [-0.05, 0) is 39.0 Å². The molecule has 1 atom stereocenters. The summed E-state index contributed by atoms with van der Waals surface area (Å²) in [6.45, 7) is 8.14. The fourth-order valence-electron chi connectivity index (χ4n) is 3.79. The van der Waals surface area contributed by atoms with E-state index < -0.39 is 0 Å². The number of benzene rings is 1. The molecule has 3 aromatic rings. The van der Waals surface area contributed by atoms with Crippen LogP contribution in [0.1, 0.15) is 28.7 Å². The normalized spacial score (nSPS) is 16.0. The topological polar surface area (TPSA) is 63.0 Å². The van der Waals surface area contributed by atoms with Gasteiger partial charge in [0.2, 0.25) is 0 Å². The third-order valence-corrected chi connectivity index (χ3v) is 5.14. The fraction of sp³-hybridized carbons (Fsp3) is 0.381. The molecule has 0 N–H and O–H groups in total. The highest BCUT2D eigenvalue weighted by Gasteiger charge is 2.28. The zero-order valence-electron chi connectivity index (χ0n) is 16.7. The van der Waals surface area contributed by atoms with Gasteiger partial charge >= 0.3 is 0 Å². The summed E-state index contributed by atoms with van der Waals surface area (Å²) in [6.07, 6.45) is 1.50. The molecule has 4 rings (SSSR count). The van der Waals surface area contributed by atoms with Gasteiger partial charge in [-0.1, -0.05) is 12.1 Å². The van der Waals surface area contributed by atoms with E-state index in [1.165, 1.54) is 0 Å². The molecule has 0 bridgehead atoms. The minimum Gasteiger partial charge on any atom is -0.485 e. The number of ether oxygens (including phenoxy) is 1. The van der Waals surface area contributed by atoms with Crippen molar-refractivity contribution in [2.24, 2.45) is 0 Å². The molecule has 0 radical (unpaired) electrons. The van der Waals surface area contributed by atoms with Crippen LogP contribution in [0.3, 0.4) is 0 Å². The molecule has 0 spiro atoms. The summed E-state index contributed by atoms with van der Waals surface area (Å²) in [6, 6.07) is 9.98. The molecule has 0 saturated carbocycles. The van der Waals surface area contributed by atoms with E-state index in [4.69, 9.17) is 4.74 Å². The lowest BCUT2D eigenvalue weighted by molar-refractivity contribution is 0.0711. The zero-order valence-corrected chi connectivity index (χ0v) is 16.7. The van der Waals surface area contributed by atoms with Crippen molar-refractivity contribution in [3.05, 3.63) is 53.5 Å². The number of aryl methyl sites for hydroxylation is 2. The van der Waals surface area contributed by atoms with Gasteiger partial charge in [0.15, 0.2) is 5.65 Å². The van der Waals surface area contributed by atoms with Crippen molar-refractivity contribution in [3.8, 4) is 5.75 Å². The van der Waals surface area contributed by atoms with Crippen LogP contribution in [0.5, 0.6) is 5.75 Å². The van der Waals surface area contributed by atoms with Gasteiger partial charge in [0.1, 0.15) is 17.4 Å². The molecule has 0 fully saturated rings. The smallest absolute Gasteiger partial charge is 0.259 e. The SMILES string of the molecule is CCN1C[C@H](CN(C)C(=O)c2cnn3c(C)cc(C)nc23)Oc2ccccc21. The quantitative estimate of drug-likeness (QED) is 0.697. The Balaban J connectivity index is 1.54. The van der Waals surface area contributed by atoms with Crippen molar-refractivity contribution in [1.82, 2.24) is 19.5 Å². The first-order valence-corrected chi connectivity index (χ1v) is 9.56. The number of carbonyl (C=O) groups is 1. The van der Waals surface area contributed by atoms with E-state index in [0.29, 0.717) is 17.8 Å². The third kappa shape index (κ3) is 3.17. The predicted molar refractivity (Wildman–Crippen MR) is 108 cm³/mol. The molecule has 1 aliphatic heterocycles. The van der Waals surface area contributed by atoms with Gasteiger partial charge in [-0.15, -0.1) is 0 Å². The van der Waals surface area contributed by atoms with E-state index in [-0.39, 0.29) is 12.0 Å². The molecule has 1 amide bonds. The Morgan fingerprint density at radius 2 is 2.11 bits per heavy atom. The second-order valence-corrected chi connectivity index (χ2v) is 7.26. The Morgan fingerprint density at radius 3 is 2.89 bits per heavy atom. The van der Waals surface area contributed by atoms with E-state index >= 15 is 0 Å². The standard InChI is InChI=1S/C21H25N5O2/c1-5-25-13-16(28-19-9-7-6-8-18(19)25)12-24(4)21(27)17-11-22-26-15(3)10-14(2)23-20(17)26/h6-11,16H,5,12-13H2,1-4H3/t16-/m0/s1. The van der Waals surface area contributed by atoms with Crippen LogP contribution in [-0.2, 0) is 0 Å². The Bertz CT molecular complexity index is 1030. The van der Waals surface area contributed by atoms with Crippen molar-refractivity contribution in [2.75, 3.05) is 31.6 Å². The van der Waals surface area contributed by atoms with Gasteiger partial charge in [-0.25, -0.2) is 9.50 Å². The highest BCUT2D eigenvalue weighted by molar-refractivity contribution is 5.99. The van der Waals surface area contributed by atoms with Crippen LogP contribution in [0.15, 0.2) is 36.5 Å². The number of likely N-dealkylation sites (N-methyl/N-ethyl adjacent to an activating group) is 2. The number of nitrogens with zero attached hydrogens (tertiary/aromatic N) is 5. The van der Waals surface area contributed by atoms with Gasteiger partial charge in [0.05, 0.1) is 25.0 Å². The predicted octanol–water partition coefficient (Wildman–Crippen LogP) is 2.71. The molecule has 0 aliphatic carbocycles. The Morgan fingerprint density at radius 1 is 1.32 bits per heavy atom. The Hall–Kier alpha value is -3.09. The largest absolute Gasteiger partial charge is 0.485 e. The van der Waals surface area contributed by atoms with E-state index in [1.807, 2.05) is 38.1 Å². The monoisotopic (exact) mass is 379 g/mol. The molecule has 3 heterocycles. The number of hydrogen-bond acceptors (Lipinski definition) is 5. The number of carbonyl (C=O) groups excluding carboxylic acids is 1. The molecule has 7 nitrogen and oxygen atoms in total. The lowest BCUT2D eigenvalue weighted by Gasteiger charge is -2.37. The summed E-state index contributed by atoms with van der Waals surface area (Å²) in [5.74, 6) is 0.767. The van der Waals surface area contributed by atoms with Crippen molar-refractivity contribution in [2.45, 2.75) is 26.9 Å². The first kappa shape index (κ1) is 18.3. The number of aromatic nitrogens is 3. The highest BCUT2D eigenvalue weighted by Crippen LogP contribution is 2.33. The Labute approximate surface area is 164 Å². The third-order valence-electron chi connectivity index (χ3n) is 5.14. The average molecular weight is 379 g/mol. The average Bonchev–Trinajstić information content (AvgIpc) is 3.10. The summed E-state index contributed by atoms with van der Waals surface area (Å²) in [4.78, 5) is 21.6. The maximum atomic E-state index is 13.1. The van der Waals surface area contributed by atoms with Gasteiger partial charge in [-0.3, -0.25) is 4.79 Å². The molecule has 1 aromatic carbocycles. The van der Waals surface area contributed by atoms with Gasteiger partial charge in [-0.2, -0.15) is 5.10 Å². The molecular formula is C21H25N5O2. The van der Waals surface area contributed by atoms with Crippen LogP contribution in [0.2, 0.25) is 0 Å². The Kier molecular flexibility index (Phi) is 4.66. The summed E-state index contributed by atoms with van der Waals surface area (Å²) >= 11 is 0. The van der Waals surface area contributed by atoms with Gasteiger partial charge in [0.25, 0.3) is 5.91 Å². The maximum absolute atomic E-state index is 13.1. The van der Waals surface area contributed by atoms with E-state index in [0.717, 1.165) is 35.9 Å². The van der Waals surface area contributed by atoms with E-state index in [2.05, 4.69) is 28.0 Å². The van der Waals surface area contributed by atoms with E-state index in [1.54, 1.807) is 22.7 Å². The number of anilines is 1. The lowest BCUT2D eigenvalue weighted by Crippen LogP contribution is -2.46. The first-order valence-electron chi connectivity index (χ1n) is 9.56. The molecule has 1 aliphatic rings. The second-order valence-electron chi connectivity index (χ2n) is 7.26. The number of rotatable bonds is 4. The molecule has 0 unspecified atom stereocenters. The maximum Gasteiger partial charge on any atom is 0.259 e. The van der Waals surface area contributed by atoms with Crippen molar-refractivity contribution < 1.29 is 9.53 Å². The van der Waals surface area contributed by atoms with Crippen LogP contribution >= 0.6 is 0 Å². The van der Waals surface area contributed by atoms with Crippen LogP contribution < -0.4 is 9.64 Å². The summed E-state index contributed by atoms with van der Waals surface area (Å²) < 4.78 is 7.86. The summed E-state index contributed by atoms with van der Waals surface area (Å²) in [5.41, 5.74) is 4.04. The minimum atomic E-state index is -0.0991. The summed E-state index contributed by atoms with van der Waals surface area (Å²) in [7, 11) is 1.80. The molecule has 2 aromatic heterocycles. The second kappa shape index (κ2) is 7.14. The highest BCUT2D eigenvalue weighted by atomic mass is 16.5. The van der Waals surface area contributed by atoms with Crippen LogP contribution in [-0.4, -0.2) is 58.2 Å². The number of para-hydroxylation sites is 2. The number of hydrogen-bond donors (Lipinski definition) is 0. The molecular weight excluding hydrogens is 354 g/mol. The van der Waals surface area contributed by atoms with Crippen molar-refractivity contribution >= 4 is 17.2 Å². The fourth-order valence-corrected chi connectivity index (χ4v) is 3.79.